The molecule has 1 aromatic carbocycles. The van der Waals surface area contributed by atoms with E-state index >= 15 is 0 Å². The monoisotopic (exact) mass is 442 g/mol. The molecule has 0 radical (unpaired) electrons. The Morgan fingerprint density at radius 2 is 1.90 bits per heavy atom. The number of carboxylic acid groups (broad SMARTS) is 1. The molecule has 1 aliphatic heterocycles. The van der Waals surface area contributed by atoms with E-state index in [2.05, 4.69) is 10.0 Å². The van der Waals surface area contributed by atoms with E-state index in [1.807, 2.05) is 6.92 Å². The topological polar surface area (TPSA) is 151 Å². The lowest BCUT2D eigenvalue weighted by Crippen LogP contribution is -2.52. The summed E-state index contributed by atoms with van der Waals surface area (Å²) in [7, 11) is -3.81. The Balaban J connectivity index is 1.94. The van der Waals surface area contributed by atoms with Gasteiger partial charge in [0.2, 0.25) is 10.0 Å². The second kappa shape index (κ2) is 9.29. The Hall–Kier alpha value is -2.21. The summed E-state index contributed by atoms with van der Waals surface area (Å²) >= 11 is 0. The van der Waals surface area contributed by atoms with Crippen LogP contribution in [0.3, 0.4) is 0 Å². The van der Waals surface area contributed by atoms with Crippen molar-refractivity contribution in [3.63, 3.8) is 0 Å². The SMILES string of the molecule is Cc1ccc(S(=O)(=O)NC(N)NC[C@H]2C[C@@H](C(=O)O)N(C(=O)OC(C)(C)C)C2)cc1. The molecule has 1 aliphatic rings. The Kier molecular flexibility index (Phi) is 7.45. The van der Waals surface area contributed by atoms with Crippen molar-refractivity contribution in [1.82, 2.24) is 14.9 Å². The van der Waals surface area contributed by atoms with Crippen molar-refractivity contribution in [1.29, 1.82) is 0 Å². The predicted octanol–water partition coefficient (Wildman–Crippen LogP) is 0.815. The summed E-state index contributed by atoms with van der Waals surface area (Å²) < 4.78 is 32.4. The summed E-state index contributed by atoms with van der Waals surface area (Å²) in [5, 5.41) is 12.3. The van der Waals surface area contributed by atoms with Crippen LogP contribution in [0, 0.1) is 12.8 Å². The van der Waals surface area contributed by atoms with Crippen LogP contribution in [0.4, 0.5) is 4.79 Å². The number of hydrogen-bond acceptors (Lipinski definition) is 7. The first kappa shape index (κ1) is 24.1. The fourth-order valence-corrected chi connectivity index (χ4v) is 4.16. The van der Waals surface area contributed by atoms with Gasteiger partial charge in [-0.1, -0.05) is 17.7 Å². The molecule has 0 aromatic heterocycles. The molecule has 1 unspecified atom stereocenters. The number of nitrogens with zero attached hydrogens (tertiary/aromatic N) is 1. The van der Waals surface area contributed by atoms with E-state index in [0.29, 0.717) is 0 Å². The van der Waals surface area contributed by atoms with Gasteiger partial charge in [0.1, 0.15) is 17.9 Å². The number of nitrogens with one attached hydrogen (secondary N) is 2. The highest BCUT2D eigenvalue weighted by molar-refractivity contribution is 7.89. The molecule has 1 fully saturated rings. The van der Waals surface area contributed by atoms with Gasteiger partial charge < -0.3 is 15.6 Å². The third-order valence-electron chi connectivity index (χ3n) is 4.54. The molecule has 3 atom stereocenters. The molecule has 11 heteroatoms. The lowest BCUT2D eigenvalue weighted by Gasteiger charge is -2.26. The molecule has 30 heavy (non-hydrogen) atoms. The molecular formula is C19H30N4O6S. The van der Waals surface area contributed by atoms with Gasteiger partial charge in [-0.3, -0.25) is 10.2 Å². The van der Waals surface area contributed by atoms with Crippen molar-refractivity contribution >= 4 is 22.1 Å². The Morgan fingerprint density at radius 1 is 1.30 bits per heavy atom. The molecule has 0 aliphatic carbocycles. The number of nitrogens with two attached hydrogens (primary N) is 1. The fraction of sp³-hybridized carbons (Fsp3) is 0.579. The first-order valence-corrected chi connectivity index (χ1v) is 11.1. The summed E-state index contributed by atoms with van der Waals surface area (Å²) in [4.78, 5) is 25.2. The maximum absolute atomic E-state index is 12.4. The van der Waals surface area contributed by atoms with Crippen molar-refractivity contribution in [2.45, 2.75) is 56.9 Å². The highest BCUT2D eigenvalue weighted by atomic mass is 32.2. The molecule has 5 N–H and O–H groups in total. The van der Waals surface area contributed by atoms with E-state index in [-0.39, 0.29) is 30.3 Å². The van der Waals surface area contributed by atoms with Crippen LogP contribution in [0.5, 0.6) is 0 Å². The van der Waals surface area contributed by atoms with Crippen molar-refractivity contribution < 1.29 is 27.9 Å². The van der Waals surface area contributed by atoms with Crippen LogP contribution in [-0.4, -0.2) is 61.5 Å². The van der Waals surface area contributed by atoms with E-state index in [4.69, 9.17) is 10.5 Å². The molecular weight excluding hydrogens is 412 g/mol. The number of likely N-dealkylation sites (tertiary alicyclic amines) is 1. The molecule has 1 heterocycles. The number of carbonyl (C=O) groups excluding carboxylic acids is 1. The van der Waals surface area contributed by atoms with Crippen LogP contribution in [0.1, 0.15) is 32.8 Å². The number of aliphatic carboxylic acids is 1. The summed E-state index contributed by atoms with van der Waals surface area (Å²) in [5.74, 6) is -1.35. The number of carboxylic acids is 1. The summed E-state index contributed by atoms with van der Waals surface area (Å²) in [6.45, 7) is 7.35. The van der Waals surface area contributed by atoms with Gasteiger partial charge in [0.15, 0.2) is 0 Å². The number of benzene rings is 1. The smallest absolute Gasteiger partial charge is 0.411 e. The van der Waals surface area contributed by atoms with Crippen LogP contribution >= 0.6 is 0 Å². The lowest BCUT2D eigenvalue weighted by atomic mass is 10.1. The minimum Gasteiger partial charge on any atom is -0.480 e. The average molecular weight is 443 g/mol. The van der Waals surface area contributed by atoms with Crippen molar-refractivity contribution in [3.8, 4) is 0 Å². The van der Waals surface area contributed by atoms with Gasteiger partial charge in [-0.05, 0) is 52.2 Å². The number of carbonyl (C=O) groups is 2. The number of sulfonamides is 1. The third kappa shape index (κ3) is 6.66. The van der Waals surface area contributed by atoms with Crippen molar-refractivity contribution in [3.05, 3.63) is 29.8 Å². The molecule has 0 spiro atoms. The van der Waals surface area contributed by atoms with E-state index in [0.717, 1.165) is 5.56 Å². The number of aryl methyl sites for hydroxylation is 1. The fourth-order valence-electron chi connectivity index (χ4n) is 3.12. The Morgan fingerprint density at radius 3 is 2.43 bits per heavy atom. The average Bonchev–Trinajstić information content (AvgIpc) is 3.03. The molecule has 1 amide bonds. The second-order valence-corrected chi connectivity index (χ2v) is 10.1. The zero-order valence-corrected chi connectivity index (χ0v) is 18.4. The molecule has 168 valence electrons. The maximum atomic E-state index is 12.4. The van der Waals surface area contributed by atoms with Crippen LogP contribution in [-0.2, 0) is 19.6 Å². The second-order valence-electron chi connectivity index (χ2n) is 8.41. The summed E-state index contributed by atoms with van der Waals surface area (Å²) in [5.41, 5.74) is 6.04. The minimum atomic E-state index is -3.81. The molecule has 0 saturated carbocycles. The van der Waals surface area contributed by atoms with Gasteiger partial charge in [-0.25, -0.2) is 18.0 Å². The standard InChI is InChI=1S/C19H30N4O6S/c1-12-5-7-14(8-6-12)30(27,28)22-17(20)21-10-13-9-15(16(24)25)23(11-13)18(26)29-19(2,3)4/h5-8,13,15,17,21-22H,9-11,20H2,1-4H3,(H,24,25)/t13-,15+,17?/m1/s1. The summed E-state index contributed by atoms with van der Waals surface area (Å²) in [6, 6.07) is 5.33. The number of ether oxygens (including phenoxy) is 1. The van der Waals surface area contributed by atoms with Gasteiger partial charge in [0.25, 0.3) is 0 Å². The highest BCUT2D eigenvalue weighted by Crippen LogP contribution is 2.25. The number of rotatable bonds is 7. The first-order chi connectivity index (χ1) is 13.8. The van der Waals surface area contributed by atoms with Gasteiger partial charge >= 0.3 is 12.1 Å². The quantitative estimate of drug-likeness (QED) is 0.453. The van der Waals surface area contributed by atoms with Crippen LogP contribution in [0.15, 0.2) is 29.2 Å². The molecule has 1 aromatic rings. The van der Waals surface area contributed by atoms with Crippen LogP contribution in [0.2, 0.25) is 0 Å². The van der Waals surface area contributed by atoms with E-state index in [1.54, 1.807) is 32.9 Å². The first-order valence-electron chi connectivity index (χ1n) is 9.59. The lowest BCUT2D eigenvalue weighted by molar-refractivity contribution is -0.142. The molecule has 1 saturated heterocycles. The van der Waals surface area contributed by atoms with Crippen molar-refractivity contribution in [2.24, 2.45) is 11.7 Å². The van der Waals surface area contributed by atoms with Gasteiger partial charge in [-0.2, -0.15) is 4.72 Å². The van der Waals surface area contributed by atoms with Crippen LogP contribution in [0.25, 0.3) is 0 Å². The number of hydrogen-bond donors (Lipinski definition) is 4. The zero-order chi connectivity index (χ0) is 22.7. The van der Waals surface area contributed by atoms with Gasteiger partial charge in [0, 0.05) is 13.1 Å². The predicted molar refractivity (Wildman–Crippen MR) is 110 cm³/mol. The van der Waals surface area contributed by atoms with Gasteiger partial charge in [0.05, 0.1) is 4.90 Å². The largest absolute Gasteiger partial charge is 0.480 e. The van der Waals surface area contributed by atoms with E-state index < -0.39 is 40.0 Å². The molecule has 10 nitrogen and oxygen atoms in total. The molecule has 2 rings (SSSR count). The number of amides is 1. The zero-order valence-electron chi connectivity index (χ0n) is 17.6. The van der Waals surface area contributed by atoms with Crippen LogP contribution < -0.4 is 15.8 Å². The van der Waals surface area contributed by atoms with E-state index in [1.165, 1.54) is 17.0 Å². The van der Waals surface area contributed by atoms with E-state index in [9.17, 15) is 23.1 Å². The normalized spacial score (nSPS) is 20.8. The third-order valence-corrected chi connectivity index (χ3v) is 6.00. The highest BCUT2D eigenvalue weighted by Gasteiger charge is 2.41. The Labute approximate surface area is 176 Å². The maximum Gasteiger partial charge on any atom is 0.411 e. The van der Waals surface area contributed by atoms with Crippen molar-refractivity contribution in [2.75, 3.05) is 13.1 Å². The Bertz CT molecular complexity index is 866. The van der Waals surface area contributed by atoms with Gasteiger partial charge in [-0.15, -0.1) is 0 Å². The minimum absolute atomic E-state index is 0.0910. The summed E-state index contributed by atoms with van der Waals surface area (Å²) in [6.07, 6.45) is -1.56. The molecule has 0 bridgehead atoms.